The van der Waals surface area contributed by atoms with E-state index in [1.807, 2.05) is 0 Å². The van der Waals surface area contributed by atoms with Crippen LogP contribution in [0.2, 0.25) is 5.02 Å². The van der Waals surface area contributed by atoms with Crippen molar-refractivity contribution in [2.45, 2.75) is 12.6 Å². The maximum atomic E-state index is 11.6. The summed E-state index contributed by atoms with van der Waals surface area (Å²) in [6.07, 6.45) is -0.947. The lowest BCUT2D eigenvalue weighted by atomic mass is 10.1. The van der Waals surface area contributed by atoms with E-state index in [1.54, 1.807) is 55.6 Å². The summed E-state index contributed by atoms with van der Waals surface area (Å²) >= 11 is 5.82. The second-order valence-corrected chi connectivity index (χ2v) is 6.49. The van der Waals surface area contributed by atoms with Crippen molar-refractivity contribution < 1.29 is 24.5 Å². The van der Waals surface area contributed by atoms with Crippen LogP contribution in [0, 0.1) is 0 Å². The molecule has 1 heterocycles. The molecule has 0 aliphatic heterocycles. The largest absolute Gasteiger partial charge is 0.497 e. The van der Waals surface area contributed by atoms with E-state index in [-0.39, 0.29) is 18.8 Å². The molecule has 0 saturated heterocycles. The van der Waals surface area contributed by atoms with Gasteiger partial charge in [-0.15, -0.1) is 0 Å². The van der Waals surface area contributed by atoms with Gasteiger partial charge in [0.25, 0.3) is 0 Å². The summed E-state index contributed by atoms with van der Waals surface area (Å²) in [5.41, 5.74) is 1.22. The highest BCUT2D eigenvalue weighted by atomic mass is 35.5. The maximum Gasteiger partial charge on any atom is 0.354 e. The highest BCUT2D eigenvalue weighted by Gasteiger charge is 2.18. The first-order valence-electron chi connectivity index (χ1n) is 8.48. The van der Waals surface area contributed by atoms with E-state index in [9.17, 15) is 15.0 Å². The predicted octanol–water partition coefficient (Wildman–Crippen LogP) is 3.35. The number of aliphatic hydroxyl groups is 1. The predicted molar refractivity (Wildman–Crippen MR) is 104 cm³/mol. The minimum absolute atomic E-state index is 0.0155. The average molecular weight is 403 g/mol. The summed E-state index contributed by atoms with van der Waals surface area (Å²) < 4.78 is 11.9. The number of aromatic carboxylic acids is 1. The van der Waals surface area contributed by atoms with Crippen LogP contribution in [0.1, 0.15) is 10.5 Å². The summed E-state index contributed by atoms with van der Waals surface area (Å²) in [5.74, 6) is 0.121. The number of hydrogen-bond acceptors (Lipinski definition) is 5. The lowest BCUT2D eigenvalue weighted by Crippen LogP contribution is -2.26. The van der Waals surface area contributed by atoms with Gasteiger partial charge in [-0.25, -0.2) is 4.79 Å². The molecular weight excluding hydrogens is 384 g/mol. The van der Waals surface area contributed by atoms with Gasteiger partial charge in [0.1, 0.15) is 29.9 Å². The van der Waals surface area contributed by atoms with Crippen LogP contribution in [0.3, 0.4) is 0 Å². The third-order valence-corrected chi connectivity index (χ3v) is 4.28. The van der Waals surface area contributed by atoms with Crippen molar-refractivity contribution in [2.75, 3.05) is 13.7 Å². The second kappa shape index (κ2) is 8.77. The number of carboxylic acid groups (broad SMARTS) is 1. The monoisotopic (exact) mass is 402 g/mol. The highest BCUT2D eigenvalue weighted by molar-refractivity contribution is 6.30. The van der Waals surface area contributed by atoms with Crippen molar-refractivity contribution in [1.29, 1.82) is 0 Å². The molecule has 28 heavy (non-hydrogen) atoms. The molecule has 0 amide bonds. The van der Waals surface area contributed by atoms with Crippen LogP contribution in [0.25, 0.3) is 11.3 Å². The summed E-state index contributed by atoms with van der Waals surface area (Å²) in [6, 6.07) is 15.3. The molecule has 2 aromatic carbocycles. The molecule has 0 radical (unpaired) electrons. The highest BCUT2D eigenvalue weighted by Crippen LogP contribution is 2.23. The Morgan fingerprint density at radius 1 is 1.14 bits per heavy atom. The first kappa shape index (κ1) is 19.7. The SMILES string of the molecule is COc1ccc(-c2cc(C(=O)O)n(CC(O)COc3ccc(Cl)cc3)n2)cc1. The lowest BCUT2D eigenvalue weighted by Gasteiger charge is -2.13. The number of benzene rings is 2. The number of methoxy groups -OCH3 is 1. The summed E-state index contributed by atoms with van der Waals surface area (Å²) in [5, 5.41) is 24.6. The molecule has 8 heteroatoms. The van der Waals surface area contributed by atoms with Gasteiger partial charge in [-0.2, -0.15) is 5.10 Å². The van der Waals surface area contributed by atoms with Gasteiger partial charge in [-0.1, -0.05) is 11.6 Å². The molecule has 2 N–H and O–H groups in total. The summed E-state index contributed by atoms with van der Waals surface area (Å²) in [4.78, 5) is 11.6. The van der Waals surface area contributed by atoms with Crippen LogP contribution in [-0.4, -0.2) is 45.8 Å². The molecule has 0 aliphatic carbocycles. The van der Waals surface area contributed by atoms with E-state index in [1.165, 1.54) is 10.7 Å². The minimum atomic E-state index is -1.13. The first-order valence-corrected chi connectivity index (χ1v) is 8.86. The normalized spacial score (nSPS) is 11.8. The van der Waals surface area contributed by atoms with Crippen molar-refractivity contribution in [3.63, 3.8) is 0 Å². The molecule has 146 valence electrons. The fraction of sp³-hybridized carbons (Fsp3) is 0.200. The van der Waals surface area contributed by atoms with Gasteiger partial charge in [-0.3, -0.25) is 4.68 Å². The summed E-state index contributed by atoms with van der Waals surface area (Å²) in [7, 11) is 1.57. The average Bonchev–Trinajstić information content (AvgIpc) is 3.11. The van der Waals surface area contributed by atoms with Crippen LogP contribution in [0.15, 0.2) is 54.6 Å². The minimum Gasteiger partial charge on any atom is -0.497 e. The quantitative estimate of drug-likeness (QED) is 0.600. The summed E-state index contributed by atoms with van der Waals surface area (Å²) in [6.45, 7) is -0.0379. The number of hydrogen-bond donors (Lipinski definition) is 2. The zero-order valence-electron chi connectivity index (χ0n) is 15.1. The van der Waals surface area contributed by atoms with Crippen LogP contribution in [-0.2, 0) is 6.54 Å². The standard InChI is InChI=1S/C20H19ClN2O5/c1-27-16-6-2-13(3-7-16)18-10-19(20(25)26)23(22-18)11-15(24)12-28-17-8-4-14(21)5-9-17/h2-10,15,24H,11-12H2,1H3,(H,25,26). The molecule has 7 nitrogen and oxygen atoms in total. The molecule has 1 unspecified atom stereocenters. The number of carbonyl (C=O) groups is 1. The number of ether oxygens (including phenoxy) is 2. The van der Waals surface area contributed by atoms with E-state index in [2.05, 4.69) is 5.10 Å². The van der Waals surface area contributed by atoms with E-state index in [0.29, 0.717) is 22.2 Å². The van der Waals surface area contributed by atoms with Gasteiger partial charge in [0.2, 0.25) is 0 Å². The Morgan fingerprint density at radius 3 is 2.39 bits per heavy atom. The number of aromatic nitrogens is 2. The van der Waals surface area contributed by atoms with Crippen LogP contribution in [0.5, 0.6) is 11.5 Å². The van der Waals surface area contributed by atoms with E-state index in [4.69, 9.17) is 21.1 Å². The smallest absolute Gasteiger partial charge is 0.354 e. The van der Waals surface area contributed by atoms with Gasteiger partial charge < -0.3 is 19.7 Å². The van der Waals surface area contributed by atoms with Gasteiger partial charge >= 0.3 is 5.97 Å². The Bertz CT molecular complexity index is 938. The fourth-order valence-corrected chi connectivity index (χ4v) is 2.73. The van der Waals surface area contributed by atoms with Crippen molar-refractivity contribution >= 4 is 17.6 Å². The van der Waals surface area contributed by atoms with Gasteiger partial charge in [0.15, 0.2) is 0 Å². The van der Waals surface area contributed by atoms with Crippen molar-refractivity contribution in [3.8, 4) is 22.8 Å². The van der Waals surface area contributed by atoms with Gasteiger partial charge in [0.05, 0.1) is 19.3 Å². The molecular formula is C20H19ClN2O5. The third kappa shape index (κ3) is 4.82. The van der Waals surface area contributed by atoms with Crippen molar-refractivity contribution in [1.82, 2.24) is 9.78 Å². The number of rotatable bonds is 8. The van der Waals surface area contributed by atoms with Crippen LogP contribution < -0.4 is 9.47 Å². The number of aliphatic hydroxyl groups excluding tert-OH is 1. The van der Waals surface area contributed by atoms with Gasteiger partial charge in [0, 0.05) is 10.6 Å². The van der Waals surface area contributed by atoms with Crippen LogP contribution >= 0.6 is 11.6 Å². The Hall–Kier alpha value is -3.03. The topological polar surface area (TPSA) is 93.8 Å². The van der Waals surface area contributed by atoms with E-state index < -0.39 is 12.1 Å². The number of nitrogens with zero attached hydrogens (tertiary/aromatic N) is 2. The molecule has 0 spiro atoms. The Morgan fingerprint density at radius 2 is 1.79 bits per heavy atom. The Labute approximate surface area is 166 Å². The molecule has 1 atom stereocenters. The molecule has 0 aliphatic rings. The molecule has 1 aromatic heterocycles. The third-order valence-electron chi connectivity index (χ3n) is 4.02. The lowest BCUT2D eigenvalue weighted by molar-refractivity contribution is 0.0659. The zero-order chi connectivity index (χ0) is 20.1. The molecule has 0 fully saturated rings. The zero-order valence-corrected chi connectivity index (χ0v) is 15.8. The number of halogens is 1. The van der Waals surface area contributed by atoms with Crippen LogP contribution in [0.4, 0.5) is 0 Å². The van der Waals surface area contributed by atoms with E-state index in [0.717, 1.165) is 5.56 Å². The fourth-order valence-electron chi connectivity index (χ4n) is 2.61. The van der Waals surface area contributed by atoms with Crippen molar-refractivity contribution in [3.05, 3.63) is 65.3 Å². The molecule has 0 saturated carbocycles. The number of carboxylic acids is 1. The van der Waals surface area contributed by atoms with Gasteiger partial charge in [-0.05, 0) is 54.6 Å². The van der Waals surface area contributed by atoms with Crippen molar-refractivity contribution in [2.24, 2.45) is 0 Å². The Kier molecular flexibility index (Phi) is 6.18. The molecule has 3 aromatic rings. The molecule has 0 bridgehead atoms. The molecule has 3 rings (SSSR count). The second-order valence-electron chi connectivity index (χ2n) is 6.05. The Balaban J connectivity index is 1.71. The van der Waals surface area contributed by atoms with E-state index >= 15 is 0 Å². The first-order chi connectivity index (χ1) is 13.5. The maximum absolute atomic E-state index is 11.6.